The summed E-state index contributed by atoms with van der Waals surface area (Å²) in [7, 11) is 1.66. The maximum absolute atomic E-state index is 12.3. The van der Waals surface area contributed by atoms with Crippen molar-refractivity contribution in [3.8, 4) is 5.75 Å². The third-order valence-electron chi connectivity index (χ3n) is 5.05. The summed E-state index contributed by atoms with van der Waals surface area (Å²) in [4.78, 5) is 12.3. The van der Waals surface area contributed by atoms with Crippen molar-refractivity contribution in [3.05, 3.63) is 29.8 Å². The Morgan fingerprint density at radius 1 is 1.26 bits per heavy atom. The first-order valence-corrected chi connectivity index (χ1v) is 8.43. The molecule has 126 valence electrons. The molecule has 5 nitrogen and oxygen atoms in total. The Morgan fingerprint density at radius 2 is 2.00 bits per heavy atom. The number of piperidine rings is 1. The number of benzene rings is 1. The van der Waals surface area contributed by atoms with Gasteiger partial charge in [0.25, 0.3) is 0 Å². The van der Waals surface area contributed by atoms with Gasteiger partial charge in [-0.3, -0.25) is 4.79 Å². The molecule has 1 aliphatic heterocycles. The normalized spacial score (nSPS) is 21.9. The van der Waals surface area contributed by atoms with Crippen LogP contribution in [-0.2, 0) is 16.1 Å². The predicted octanol–water partition coefficient (Wildman–Crippen LogP) is 1.72. The van der Waals surface area contributed by atoms with Gasteiger partial charge in [-0.1, -0.05) is 12.1 Å². The van der Waals surface area contributed by atoms with Gasteiger partial charge in [-0.2, -0.15) is 0 Å². The lowest BCUT2D eigenvalue weighted by molar-refractivity contribution is -0.123. The summed E-state index contributed by atoms with van der Waals surface area (Å²) in [5, 5.41) is 6.45. The zero-order chi connectivity index (χ0) is 16.1. The topological polar surface area (TPSA) is 59.6 Å². The first-order valence-electron chi connectivity index (χ1n) is 8.43. The standard InChI is InChI=1S/C18H26N2O3/c1-22-10-11-23-15-4-2-14(3-5-15)13-20-17(21)16-12-18(16)6-8-19-9-7-18/h2-5,16,19H,6-13H2,1H3,(H,20,21). The fraction of sp³-hybridized carbons (Fsp3) is 0.611. The Morgan fingerprint density at radius 3 is 2.70 bits per heavy atom. The molecule has 2 fully saturated rings. The number of rotatable bonds is 7. The van der Waals surface area contributed by atoms with Gasteiger partial charge in [-0.25, -0.2) is 0 Å². The molecule has 1 spiro atoms. The van der Waals surface area contributed by atoms with Crippen LogP contribution in [0, 0.1) is 11.3 Å². The lowest BCUT2D eigenvalue weighted by Gasteiger charge is -2.23. The maximum atomic E-state index is 12.3. The summed E-state index contributed by atoms with van der Waals surface area (Å²) >= 11 is 0. The molecule has 1 amide bonds. The average Bonchev–Trinajstić information content (AvgIpc) is 3.28. The molecule has 1 unspecified atom stereocenters. The Balaban J connectivity index is 1.42. The lowest BCUT2D eigenvalue weighted by atomic mass is 9.92. The number of hydrogen-bond donors (Lipinski definition) is 2. The molecule has 1 heterocycles. The highest BCUT2D eigenvalue weighted by atomic mass is 16.5. The van der Waals surface area contributed by atoms with Crippen molar-refractivity contribution in [2.24, 2.45) is 11.3 Å². The molecule has 1 aliphatic carbocycles. The minimum atomic E-state index is 0.215. The zero-order valence-electron chi connectivity index (χ0n) is 13.8. The van der Waals surface area contributed by atoms with Gasteiger partial charge in [0.2, 0.25) is 5.91 Å². The summed E-state index contributed by atoms with van der Waals surface area (Å²) in [6.07, 6.45) is 3.34. The quantitative estimate of drug-likeness (QED) is 0.752. The largest absolute Gasteiger partial charge is 0.491 e. The van der Waals surface area contributed by atoms with Gasteiger partial charge in [0, 0.05) is 19.6 Å². The summed E-state index contributed by atoms with van der Waals surface area (Å²) in [6.45, 7) is 3.81. The minimum Gasteiger partial charge on any atom is -0.491 e. The zero-order valence-corrected chi connectivity index (χ0v) is 13.8. The van der Waals surface area contributed by atoms with Gasteiger partial charge >= 0.3 is 0 Å². The van der Waals surface area contributed by atoms with Crippen LogP contribution < -0.4 is 15.4 Å². The molecule has 0 radical (unpaired) electrons. The molecule has 1 saturated carbocycles. The Hall–Kier alpha value is -1.59. The smallest absolute Gasteiger partial charge is 0.223 e. The van der Waals surface area contributed by atoms with E-state index < -0.39 is 0 Å². The van der Waals surface area contributed by atoms with E-state index in [0.717, 1.165) is 43.7 Å². The van der Waals surface area contributed by atoms with Crippen LogP contribution in [0.2, 0.25) is 0 Å². The van der Waals surface area contributed by atoms with Crippen LogP contribution in [0.25, 0.3) is 0 Å². The van der Waals surface area contributed by atoms with Crippen molar-refractivity contribution in [3.63, 3.8) is 0 Å². The number of carbonyl (C=O) groups excluding carboxylic acids is 1. The van der Waals surface area contributed by atoms with Crippen molar-refractivity contribution in [1.29, 1.82) is 0 Å². The third-order valence-corrected chi connectivity index (χ3v) is 5.05. The van der Waals surface area contributed by atoms with Gasteiger partial charge in [0.1, 0.15) is 12.4 Å². The first kappa shape index (κ1) is 16.3. The lowest BCUT2D eigenvalue weighted by Crippen LogP contribution is -2.33. The van der Waals surface area contributed by atoms with Crippen molar-refractivity contribution in [2.75, 3.05) is 33.4 Å². The Bertz CT molecular complexity index is 524. The molecule has 2 N–H and O–H groups in total. The summed E-state index contributed by atoms with van der Waals surface area (Å²) < 4.78 is 10.5. The first-order chi connectivity index (χ1) is 11.2. The van der Waals surface area contributed by atoms with Gasteiger partial charge in [-0.05, 0) is 55.5 Å². The maximum Gasteiger partial charge on any atom is 0.223 e. The molecule has 0 bridgehead atoms. The van der Waals surface area contributed by atoms with Crippen LogP contribution >= 0.6 is 0 Å². The predicted molar refractivity (Wildman–Crippen MR) is 88.3 cm³/mol. The van der Waals surface area contributed by atoms with E-state index in [1.807, 2.05) is 24.3 Å². The second-order valence-electron chi connectivity index (χ2n) is 6.57. The van der Waals surface area contributed by atoms with Crippen LogP contribution in [-0.4, -0.2) is 39.3 Å². The van der Waals surface area contributed by atoms with Crippen LogP contribution in [0.5, 0.6) is 5.75 Å². The van der Waals surface area contributed by atoms with Crippen LogP contribution in [0.1, 0.15) is 24.8 Å². The number of methoxy groups -OCH3 is 1. The van der Waals surface area contributed by atoms with E-state index in [9.17, 15) is 4.79 Å². The van der Waals surface area contributed by atoms with Gasteiger partial charge < -0.3 is 20.1 Å². The van der Waals surface area contributed by atoms with E-state index in [4.69, 9.17) is 9.47 Å². The van der Waals surface area contributed by atoms with Crippen molar-refractivity contribution in [1.82, 2.24) is 10.6 Å². The molecule has 5 heteroatoms. The molecule has 23 heavy (non-hydrogen) atoms. The summed E-state index contributed by atoms with van der Waals surface area (Å²) in [5.41, 5.74) is 1.39. The van der Waals surface area contributed by atoms with Crippen molar-refractivity contribution < 1.29 is 14.3 Å². The van der Waals surface area contributed by atoms with E-state index in [1.54, 1.807) is 7.11 Å². The minimum absolute atomic E-state index is 0.215. The highest BCUT2D eigenvalue weighted by molar-refractivity contribution is 5.82. The van der Waals surface area contributed by atoms with Gasteiger partial charge in [0.05, 0.1) is 6.61 Å². The summed E-state index contributed by atoms with van der Waals surface area (Å²) in [5.74, 6) is 1.27. The Labute approximate surface area is 137 Å². The fourth-order valence-electron chi connectivity index (χ4n) is 3.45. The molecule has 1 atom stereocenters. The molecule has 1 aromatic rings. The fourth-order valence-corrected chi connectivity index (χ4v) is 3.45. The van der Waals surface area contributed by atoms with E-state index in [-0.39, 0.29) is 11.8 Å². The van der Waals surface area contributed by atoms with Gasteiger partial charge in [0.15, 0.2) is 0 Å². The molecule has 1 saturated heterocycles. The van der Waals surface area contributed by atoms with Crippen LogP contribution in [0.4, 0.5) is 0 Å². The van der Waals surface area contributed by atoms with E-state index >= 15 is 0 Å². The number of nitrogens with one attached hydrogen (secondary N) is 2. The van der Waals surface area contributed by atoms with Crippen molar-refractivity contribution >= 4 is 5.91 Å². The van der Waals surface area contributed by atoms with Crippen molar-refractivity contribution in [2.45, 2.75) is 25.8 Å². The molecule has 1 aromatic carbocycles. The van der Waals surface area contributed by atoms with Crippen LogP contribution in [0.15, 0.2) is 24.3 Å². The van der Waals surface area contributed by atoms with E-state index in [2.05, 4.69) is 10.6 Å². The highest BCUT2D eigenvalue weighted by Gasteiger charge is 2.57. The second-order valence-corrected chi connectivity index (χ2v) is 6.57. The number of ether oxygens (including phenoxy) is 2. The van der Waals surface area contributed by atoms with E-state index in [1.165, 1.54) is 0 Å². The van der Waals surface area contributed by atoms with Gasteiger partial charge in [-0.15, -0.1) is 0 Å². The molecule has 2 aliphatic rings. The monoisotopic (exact) mass is 318 g/mol. The third kappa shape index (κ3) is 4.03. The Kier molecular flexibility index (Phi) is 5.18. The van der Waals surface area contributed by atoms with Crippen LogP contribution in [0.3, 0.4) is 0 Å². The molecular weight excluding hydrogens is 292 g/mol. The summed E-state index contributed by atoms with van der Waals surface area (Å²) in [6, 6.07) is 7.86. The second kappa shape index (κ2) is 7.32. The SMILES string of the molecule is COCCOc1ccc(CNC(=O)C2CC23CCNCC3)cc1. The number of hydrogen-bond acceptors (Lipinski definition) is 4. The molecular formula is C18H26N2O3. The van der Waals surface area contributed by atoms with E-state index in [0.29, 0.717) is 25.2 Å². The highest BCUT2D eigenvalue weighted by Crippen LogP contribution is 2.58. The molecule has 3 rings (SSSR count). The average molecular weight is 318 g/mol. The molecule has 0 aromatic heterocycles. The number of amides is 1. The number of carbonyl (C=O) groups is 1.